The average molecular weight is 293 g/mol. The van der Waals surface area contributed by atoms with Crippen molar-refractivity contribution in [2.45, 2.75) is 37.0 Å². The number of nitrogens with zero attached hydrogens (tertiary/aromatic N) is 1. The lowest BCUT2D eigenvalue weighted by atomic mass is 10.0. The summed E-state index contributed by atoms with van der Waals surface area (Å²) in [7, 11) is -3.50. The van der Waals surface area contributed by atoms with Crippen molar-refractivity contribution in [2.24, 2.45) is 5.73 Å². The average Bonchev–Trinajstić information content (AvgIpc) is 2.87. The SMILES string of the molecule is N#Cc1ccccc1CS(=O)(=O)NC1(CN)CCCC1. The Morgan fingerprint density at radius 2 is 1.95 bits per heavy atom. The van der Waals surface area contributed by atoms with Gasteiger partial charge in [0.1, 0.15) is 0 Å². The Balaban J connectivity index is 2.17. The van der Waals surface area contributed by atoms with Crippen LogP contribution in [0.5, 0.6) is 0 Å². The Hall–Kier alpha value is -1.42. The van der Waals surface area contributed by atoms with Gasteiger partial charge in [-0.2, -0.15) is 5.26 Å². The second kappa shape index (κ2) is 5.92. The first-order valence-electron chi connectivity index (χ1n) is 6.70. The predicted octanol–water partition coefficient (Wildman–Crippen LogP) is 1.25. The second-order valence-electron chi connectivity index (χ2n) is 5.32. The van der Waals surface area contributed by atoms with Crippen molar-refractivity contribution in [3.8, 4) is 6.07 Å². The standard InChI is InChI=1S/C14H19N3O2S/c15-9-12-5-1-2-6-13(12)10-20(18,19)17-14(11-16)7-3-4-8-14/h1-2,5-6,17H,3-4,7-8,10-11,16H2. The van der Waals surface area contributed by atoms with Crippen LogP contribution in [-0.4, -0.2) is 20.5 Å². The molecule has 2 rings (SSSR count). The fraction of sp³-hybridized carbons (Fsp3) is 0.500. The molecule has 0 bridgehead atoms. The zero-order chi connectivity index (χ0) is 14.6. The minimum Gasteiger partial charge on any atom is -0.329 e. The number of rotatable bonds is 5. The number of sulfonamides is 1. The highest BCUT2D eigenvalue weighted by atomic mass is 32.2. The molecule has 1 fully saturated rings. The Labute approximate surface area is 119 Å². The van der Waals surface area contributed by atoms with Crippen LogP contribution in [0.1, 0.15) is 36.8 Å². The highest BCUT2D eigenvalue weighted by Gasteiger charge is 2.36. The first-order valence-corrected chi connectivity index (χ1v) is 8.35. The third kappa shape index (κ3) is 3.37. The van der Waals surface area contributed by atoms with Crippen LogP contribution in [-0.2, 0) is 15.8 Å². The number of hydrogen-bond donors (Lipinski definition) is 2. The Kier molecular flexibility index (Phi) is 4.43. The second-order valence-corrected chi connectivity index (χ2v) is 7.04. The van der Waals surface area contributed by atoms with Crippen molar-refractivity contribution in [1.82, 2.24) is 4.72 Å². The van der Waals surface area contributed by atoms with Crippen molar-refractivity contribution in [3.05, 3.63) is 35.4 Å². The monoisotopic (exact) mass is 293 g/mol. The van der Waals surface area contributed by atoms with E-state index in [9.17, 15) is 8.42 Å². The first-order chi connectivity index (χ1) is 9.50. The molecule has 1 aliphatic carbocycles. The Morgan fingerprint density at radius 1 is 1.30 bits per heavy atom. The molecule has 1 aromatic carbocycles. The molecule has 6 heteroatoms. The van der Waals surface area contributed by atoms with Gasteiger partial charge in [0.15, 0.2) is 0 Å². The summed E-state index contributed by atoms with van der Waals surface area (Å²) in [6, 6.07) is 8.77. The molecule has 0 aromatic heterocycles. The van der Waals surface area contributed by atoms with Gasteiger partial charge in [0.25, 0.3) is 0 Å². The first kappa shape index (κ1) is 15.0. The summed E-state index contributed by atoms with van der Waals surface area (Å²) in [6.45, 7) is 0.312. The van der Waals surface area contributed by atoms with Gasteiger partial charge >= 0.3 is 0 Å². The molecule has 1 aromatic rings. The van der Waals surface area contributed by atoms with Crippen LogP contribution in [0.2, 0.25) is 0 Å². The number of benzene rings is 1. The molecule has 3 N–H and O–H groups in total. The minimum atomic E-state index is -3.50. The molecular weight excluding hydrogens is 274 g/mol. The maximum Gasteiger partial charge on any atom is 0.216 e. The predicted molar refractivity (Wildman–Crippen MR) is 77.2 cm³/mol. The van der Waals surface area contributed by atoms with Gasteiger partial charge in [0.2, 0.25) is 10.0 Å². The van der Waals surface area contributed by atoms with E-state index >= 15 is 0 Å². The van der Waals surface area contributed by atoms with Crippen molar-refractivity contribution in [2.75, 3.05) is 6.54 Å². The van der Waals surface area contributed by atoms with E-state index in [-0.39, 0.29) is 5.75 Å². The van der Waals surface area contributed by atoms with E-state index < -0.39 is 15.6 Å². The van der Waals surface area contributed by atoms with Gasteiger partial charge in [0.05, 0.1) is 17.4 Å². The van der Waals surface area contributed by atoms with Crippen molar-refractivity contribution >= 4 is 10.0 Å². The molecule has 0 unspecified atom stereocenters. The van der Waals surface area contributed by atoms with Gasteiger partial charge in [0, 0.05) is 12.1 Å². The van der Waals surface area contributed by atoms with E-state index in [0.29, 0.717) is 17.7 Å². The molecule has 0 heterocycles. The fourth-order valence-electron chi connectivity index (χ4n) is 2.73. The zero-order valence-corrected chi connectivity index (χ0v) is 12.1. The van der Waals surface area contributed by atoms with E-state index in [1.54, 1.807) is 24.3 Å². The van der Waals surface area contributed by atoms with Gasteiger partial charge in [-0.05, 0) is 24.5 Å². The van der Waals surface area contributed by atoms with E-state index in [0.717, 1.165) is 25.7 Å². The normalized spacial score (nSPS) is 17.8. The van der Waals surface area contributed by atoms with Crippen LogP contribution >= 0.6 is 0 Å². The molecular formula is C14H19N3O2S. The molecule has 0 spiro atoms. The highest BCUT2D eigenvalue weighted by molar-refractivity contribution is 7.88. The molecule has 0 saturated heterocycles. The summed E-state index contributed by atoms with van der Waals surface area (Å²) in [5.41, 5.74) is 6.16. The lowest BCUT2D eigenvalue weighted by Crippen LogP contribution is -2.51. The molecule has 0 atom stereocenters. The molecule has 108 valence electrons. The zero-order valence-electron chi connectivity index (χ0n) is 11.3. The van der Waals surface area contributed by atoms with E-state index in [4.69, 9.17) is 11.0 Å². The van der Waals surface area contributed by atoms with Gasteiger partial charge in [-0.1, -0.05) is 31.0 Å². The molecule has 1 saturated carbocycles. The van der Waals surface area contributed by atoms with Gasteiger partial charge in [-0.15, -0.1) is 0 Å². The number of nitriles is 1. The third-order valence-corrected chi connectivity index (χ3v) is 5.24. The van der Waals surface area contributed by atoms with Crippen LogP contribution in [0.25, 0.3) is 0 Å². The lowest BCUT2D eigenvalue weighted by Gasteiger charge is -2.28. The molecule has 1 aliphatic rings. The van der Waals surface area contributed by atoms with Crippen molar-refractivity contribution in [1.29, 1.82) is 5.26 Å². The van der Waals surface area contributed by atoms with E-state index in [2.05, 4.69) is 4.72 Å². The topological polar surface area (TPSA) is 96.0 Å². The summed E-state index contributed by atoms with van der Waals surface area (Å²) in [5.74, 6) is -0.182. The summed E-state index contributed by atoms with van der Waals surface area (Å²) < 4.78 is 27.4. The van der Waals surface area contributed by atoms with Gasteiger partial charge < -0.3 is 5.73 Å². The maximum atomic E-state index is 12.3. The quantitative estimate of drug-likeness (QED) is 0.854. The van der Waals surface area contributed by atoms with Crippen LogP contribution in [0.3, 0.4) is 0 Å². The lowest BCUT2D eigenvalue weighted by molar-refractivity contribution is 0.399. The van der Waals surface area contributed by atoms with E-state index in [1.807, 2.05) is 6.07 Å². The fourth-order valence-corrected chi connectivity index (χ4v) is 4.41. The molecule has 0 radical (unpaired) electrons. The number of nitrogens with one attached hydrogen (secondary N) is 1. The van der Waals surface area contributed by atoms with Crippen LogP contribution < -0.4 is 10.5 Å². The summed E-state index contributed by atoms with van der Waals surface area (Å²) in [5, 5.41) is 9.01. The van der Waals surface area contributed by atoms with Crippen molar-refractivity contribution in [3.63, 3.8) is 0 Å². The smallest absolute Gasteiger partial charge is 0.216 e. The van der Waals surface area contributed by atoms with Gasteiger partial charge in [-0.25, -0.2) is 13.1 Å². The highest BCUT2D eigenvalue weighted by Crippen LogP contribution is 2.29. The van der Waals surface area contributed by atoms with Crippen LogP contribution in [0.15, 0.2) is 24.3 Å². The number of nitrogens with two attached hydrogens (primary N) is 1. The molecule has 0 aliphatic heterocycles. The molecule has 5 nitrogen and oxygen atoms in total. The maximum absolute atomic E-state index is 12.3. The molecule has 20 heavy (non-hydrogen) atoms. The Bertz CT molecular complexity index is 614. The van der Waals surface area contributed by atoms with E-state index in [1.165, 1.54) is 0 Å². The number of hydrogen-bond acceptors (Lipinski definition) is 4. The summed E-state index contributed by atoms with van der Waals surface area (Å²) in [4.78, 5) is 0. The van der Waals surface area contributed by atoms with Crippen LogP contribution in [0, 0.1) is 11.3 Å². The molecule has 0 amide bonds. The van der Waals surface area contributed by atoms with Crippen molar-refractivity contribution < 1.29 is 8.42 Å². The minimum absolute atomic E-state index is 0.182. The Morgan fingerprint density at radius 3 is 2.55 bits per heavy atom. The van der Waals surface area contributed by atoms with Crippen LogP contribution in [0.4, 0.5) is 0 Å². The van der Waals surface area contributed by atoms with Gasteiger partial charge in [-0.3, -0.25) is 0 Å². The third-order valence-electron chi connectivity index (χ3n) is 3.81. The summed E-state index contributed by atoms with van der Waals surface area (Å²) in [6.07, 6.45) is 3.55. The summed E-state index contributed by atoms with van der Waals surface area (Å²) >= 11 is 0. The largest absolute Gasteiger partial charge is 0.329 e.